The SMILES string of the molecule is CC(C)(C)OC(=O)Nc1ncc(-c2ccc(C(=O)O)cc2)cn1. The van der Waals surface area contributed by atoms with Crippen LogP contribution in [0.15, 0.2) is 36.7 Å². The lowest BCUT2D eigenvalue weighted by Crippen LogP contribution is -2.27. The van der Waals surface area contributed by atoms with Gasteiger partial charge < -0.3 is 9.84 Å². The number of benzene rings is 1. The fraction of sp³-hybridized carbons (Fsp3) is 0.250. The highest BCUT2D eigenvalue weighted by Gasteiger charge is 2.16. The number of rotatable bonds is 3. The molecule has 7 heteroatoms. The average Bonchev–Trinajstić information content (AvgIpc) is 2.46. The molecule has 0 atom stereocenters. The van der Waals surface area contributed by atoms with Crippen LogP contribution in [0.2, 0.25) is 0 Å². The molecule has 23 heavy (non-hydrogen) atoms. The van der Waals surface area contributed by atoms with Crippen molar-refractivity contribution in [3.8, 4) is 11.1 Å². The lowest BCUT2D eigenvalue weighted by Gasteiger charge is -2.19. The zero-order valence-corrected chi connectivity index (χ0v) is 13.0. The first-order chi connectivity index (χ1) is 10.7. The molecular weight excluding hydrogens is 298 g/mol. The number of nitrogens with one attached hydrogen (secondary N) is 1. The molecule has 0 aliphatic carbocycles. The molecule has 0 saturated heterocycles. The van der Waals surface area contributed by atoms with Crippen molar-refractivity contribution < 1.29 is 19.4 Å². The molecule has 1 amide bonds. The number of carboxylic acid groups (broad SMARTS) is 1. The standard InChI is InChI=1S/C16H17N3O4/c1-16(2,3)23-15(22)19-14-17-8-12(9-18-14)10-4-6-11(7-5-10)13(20)21/h4-9H,1-3H3,(H,20,21)(H,17,18,19,22). The van der Waals surface area contributed by atoms with Gasteiger partial charge in [-0.25, -0.2) is 19.6 Å². The minimum absolute atomic E-state index is 0.130. The van der Waals surface area contributed by atoms with Gasteiger partial charge in [0.15, 0.2) is 0 Å². The van der Waals surface area contributed by atoms with E-state index in [-0.39, 0.29) is 11.5 Å². The first-order valence-electron chi connectivity index (χ1n) is 6.90. The van der Waals surface area contributed by atoms with Gasteiger partial charge >= 0.3 is 12.1 Å². The van der Waals surface area contributed by atoms with Crippen LogP contribution in [-0.2, 0) is 4.74 Å². The second kappa shape index (κ2) is 6.43. The summed E-state index contributed by atoms with van der Waals surface area (Å²) >= 11 is 0. The van der Waals surface area contributed by atoms with Gasteiger partial charge in [-0.3, -0.25) is 5.32 Å². The molecule has 0 aliphatic rings. The lowest BCUT2D eigenvalue weighted by molar-refractivity contribution is 0.0632. The van der Waals surface area contributed by atoms with E-state index in [1.165, 1.54) is 24.5 Å². The molecule has 0 bridgehead atoms. The highest BCUT2D eigenvalue weighted by Crippen LogP contribution is 2.19. The maximum absolute atomic E-state index is 11.6. The number of aromatic nitrogens is 2. The summed E-state index contributed by atoms with van der Waals surface area (Å²) in [5, 5.41) is 11.3. The summed E-state index contributed by atoms with van der Waals surface area (Å²) in [5.41, 5.74) is 1.09. The number of carbonyl (C=O) groups is 2. The summed E-state index contributed by atoms with van der Waals surface area (Å²) in [4.78, 5) is 30.5. The summed E-state index contributed by atoms with van der Waals surface area (Å²) < 4.78 is 5.11. The molecule has 7 nitrogen and oxygen atoms in total. The Morgan fingerprint density at radius 3 is 2.09 bits per heavy atom. The van der Waals surface area contributed by atoms with Crippen LogP contribution in [0.25, 0.3) is 11.1 Å². The molecule has 0 aliphatic heterocycles. The van der Waals surface area contributed by atoms with Gasteiger partial charge in [0.2, 0.25) is 5.95 Å². The Morgan fingerprint density at radius 1 is 1.04 bits per heavy atom. The average molecular weight is 315 g/mol. The molecule has 1 aromatic heterocycles. The normalized spacial score (nSPS) is 10.9. The third-order valence-electron chi connectivity index (χ3n) is 2.73. The molecule has 1 aromatic carbocycles. The van der Waals surface area contributed by atoms with E-state index in [0.29, 0.717) is 5.56 Å². The maximum atomic E-state index is 11.6. The van der Waals surface area contributed by atoms with Crippen molar-refractivity contribution in [2.75, 3.05) is 5.32 Å². The van der Waals surface area contributed by atoms with Crippen LogP contribution in [0, 0.1) is 0 Å². The Labute approximate surface area is 133 Å². The van der Waals surface area contributed by atoms with Crippen LogP contribution in [-0.4, -0.2) is 32.7 Å². The lowest BCUT2D eigenvalue weighted by atomic mass is 10.1. The van der Waals surface area contributed by atoms with Crippen molar-refractivity contribution in [3.63, 3.8) is 0 Å². The number of hydrogen-bond acceptors (Lipinski definition) is 5. The molecule has 0 unspecified atom stereocenters. The van der Waals surface area contributed by atoms with E-state index in [0.717, 1.165) is 5.56 Å². The van der Waals surface area contributed by atoms with Gasteiger partial charge in [0.05, 0.1) is 5.56 Å². The summed E-state index contributed by atoms with van der Waals surface area (Å²) in [5.74, 6) is -0.852. The van der Waals surface area contributed by atoms with Gasteiger partial charge in [-0.1, -0.05) is 12.1 Å². The predicted molar refractivity (Wildman–Crippen MR) is 84.3 cm³/mol. The number of ether oxygens (including phenoxy) is 1. The predicted octanol–water partition coefficient (Wildman–Crippen LogP) is 3.19. The molecule has 0 radical (unpaired) electrons. The van der Waals surface area contributed by atoms with Gasteiger partial charge in [0.1, 0.15) is 5.60 Å². The molecule has 0 saturated carbocycles. The molecule has 1 heterocycles. The molecular formula is C16H17N3O4. The molecule has 2 N–H and O–H groups in total. The third-order valence-corrected chi connectivity index (χ3v) is 2.73. The number of carbonyl (C=O) groups excluding carboxylic acids is 1. The topological polar surface area (TPSA) is 101 Å². The van der Waals surface area contributed by atoms with Crippen LogP contribution < -0.4 is 5.32 Å². The monoisotopic (exact) mass is 315 g/mol. The first-order valence-corrected chi connectivity index (χ1v) is 6.90. The highest BCUT2D eigenvalue weighted by atomic mass is 16.6. The van der Waals surface area contributed by atoms with Crippen molar-refractivity contribution in [3.05, 3.63) is 42.2 Å². The van der Waals surface area contributed by atoms with Crippen LogP contribution in [0.5, 0.6) is 0 Å². The zero-order valence-electron chi connectivity index (χ0n) is 13.0. The largest absolute Gasteiger partial charge is 0.478 e. The number of hydrogen-bond donors (Lipinski definition) is 2. The van der Waals surface area contributed by atoms with E-state index in [9.17, 15) is 9.59 Å². The molecule has 2 rings (SSSR count). The summed E-state index contributed by atoms with van der Waals surface area (Å²) in [7, 11) is 0. The molecule has 0 fully saturated rings. The molecule has 0 spiro atoms. The van der Waals surface area contributed by atoms with Crippen molar-refractivity contribution in [1.29, 1.82) is 0 Å². The Balaban J connectivity index is 2.07. The van der Waals surface area contributed by atoms with E-state index >= 15 is 0 Å². The molecule has 120 valence electrons. The Hall–Kier alpha value is -2.96. The number of nitrogens with zero attached hydrogens (tertiary/aromatic N) is 2. The van der Waals surface area contributed by atoms with Crippen molar-refractivity contribution in [2.45, 2.75) is 26.4 Å². The van der Waals surface area contributed by atoms with Gasteiger partial charge in [-0.05, 0) is 38.5 Å². The van der Waals surface area contributed by atoms with Crippen LogP contribution >= 0.6 is 0 Å². The van der Waals surface area contributed by atoms with Crippen LogP contribution in [0.4, 0.5) is 10.7 Å². The van der Waals surface area contributed by atoms with E-state index < -0.39 is 17.7 Å². The first kappa shape index (κ1) is 16.4. The zero-order chi connectivity index (χ0) is 17.0. The van der Waals surface area contributed by atoms with E-state index in [4.69, 9.17) is 9.84 Å². The quantitative estimate of drug-likeness (QED) is 0.902. The maximum Gasteiger partial charge on any atom is 0.414 e. The van der Waals surface area contributed by atoms with Gasteiger partial charge in [-0.15, -0.1) is 0 Å². The number of anilines is 1. The van der Waals surface area contributed by atoms with Crippen LogP contribution in [0.3, 0.4) is 0 Å². The van der Waals surface area contributed by atoms with Gasteiger partial charge in [0.25, 0.3) is 0 Å². The minimum Gasteiger partial charge on any atom is -0.478 e. The Bertz CT molecular complexity index is 704. The fourth-order valence-corrected chi connectivity index (χ4v) is 1.74. The van der Waals surface area contributed by atoms with Gasteiger partial charge in [-0.2, -0.15) is 0 Å². The van der Waals surface area contributed by atoms with Crippen molar-refractivity contribution in [2.24, 2.45) is 0 Å². The summed E-state index contributed by atoms with van der Waals surface area (Å²) in [6.45, 7) is 5.28. The van der Waals surface area contributed by atoms with E-state index in [1.54, 1.807) is 32.9 Å². The second-order valence-corrected chi connectivity index (χ2v) is 5.80. The van der Waals surface area contributed by atoms with Crippen LogP contribution in [0.1, 0.15) is 31.1 Å². The number of carboxylic acids is 1. The van der Waals surface area contributed by atoms with E-state index in [1.807, 2.05) is 0 Å². The number of amides is 1. The second-order valence-electron chi connectivity index (χ2n) is 5.80. The van der Waals surface area contributed by atoms with Gasteiger partial charge in [0, 0.05) is 18.0 Å². The smallest absolute Gasteiger partial charge is 0.414 e. The van der Waals surface area contributed by atoms with E-state index in [2.05, 4.69) is 15.3 Å². The minimum atomic E-state index is -0.982. The van der Waals surface area contributed by atoms with Crippen molar-refractivity contribution >= 4 is 18.0 Å². The molecule has 2 aromatic rings. The third kappa shape index (κ3) is 4.77. The summed E-state index contributed by atoms with van der Waals surface area (Å²) in [6, 6.07) is 6.35. The Morgan fingerprint density at radius 2 is 1.61 bits per heavy atom. The Kier molecular flexibility index (Phi) is 4.59. The number of aromatic carboxylic acids is 1. The van der Waals surface area contributed by atoms with Crippen molar-refractivity contribution in [1.82, 2.24) is 9.97 Å². The fourth-order valence-electron chi connectivity index (χ4n) is 1.74. The highest BCUT2D eigenvalue weighted by molar-refractivity contribution is 5.88. The summed E-state index contributed by atoms with van der Waals surface area (Å²) in [6.07, 6.45) is 2.45.